The number of allylic oxidation sites excluding steroid dienone is 2. The van der Waals surface area contributed by atoms with Crippen LogP contribution < -0.4 is 10.7 Å². The summed E-state index contributed by atoms with van der Waals surface area (Å²) in [6, 6.07) is 0. The number of hydrazone groups is 1. The van der Waals surface area contributed by atoms with E-state index in [1.807, 2.05) is 0 Å². The molecule has 0 bridgehead atoms. The van der Waals surface area contributed by atoms with Crippen LogP contribution in [0.15, 0.2) is 16.8 Å². The number of nitrogens with one attached hydrogen (secondary N) is 2. The van der Waals surface area contributed by atoms with E-state index in [9.17, 15) is 0 Å². The average Bonchev–Trinajstić information content (AvgIpc) is 2.11. The van der Waals surface area contributed by atoms with Gasteiger partial charge in [-0.2, -0.15) is 5.10 Å². The van der Waals surface area contributed by atoms with Crippen molar-refractivity contribution in [1.29, 1.82) is 0 Å². The second-order valence-corrected chi connectivity index (χ2v) is 5.21. The van der Waals surface area contributed by atoms with Gasteiger partial charge in [0.15, 0.2) is 5.11 Å². The molecule has 0 saturated carbocycles. The summed E-state index contributed by atoms with van der Waals surface area (Å²) < 4.78 is 0. The highest BCUT2D eigenvalue weighted by Gasteiger charge is 2.24. The van der Waals surface area contributed by atoms with E-state index in [1.165, 1.54) is 5.57 Å². The molecule has 0 radical (unpaired) electrons. The molecule has 0 amide bonds. The van der Waals surface area contributed by atoms with Crippen molar-refractivity contribution in [3.8, 4) is 0 Å². The van der Waals surface area contributed by atoms with Gasteiger partial charge in [0.05, 0.1) is 5.71 Å². The fourth-order valence-corrected chi connectivity index (χ4v) is 1.99. The molecule has 0 aromatic rings. The molecule has 84 valence electrons. The Kier molecular flexibility index (Phi) is 3.85. The molecule has 0 atom stereocenters. The lowest BCUT2D eigenvalue weighted by Crippen LogP contribution is -2.30. The van der Waals surface area contributed by atoms with Crippen LogP contribution in [0.25, 0.3) is 0 Å². The molecule has 2 N–H and O–H groups in total. The van der Waals surface area contributed by atoms with Crippen LogP contribution in [0, 0.1) is 5.41 Å². The largest absolute Gasteiger partial charge is 0.364 e. The molecule has 1 aliphatic rings. The summed E-state index contributed by atoms with van der Waals surface area (Å²) in [6.45, 7) is 6.66. The maximum atomic E-state index is 4.96. The topological polar surface area (TPSA) is 36.4 Å². The first-order valence-electron chi connectivity index (χ1n) is 5.14. The number of nitrogens with zero attached hydrogens (tertiary/aromatic N) is 1. The fourth-order valence-electron chi connectivity index (χ4n) is 1.94. The zero-order chi connectivity index (χ0) is 11.5. The second-order valence-electron chi connectivity index (χ2n) is 4.80. The predicted molar refractivity (Wildman–Crippen MR) is 69.0 cm³/mol. The molecule has 4 heteroatoms. The highest BCUT2D eigenvalue weighted by atomic mass is 32.1. The van der Waals surface area contributed by atoms with Gasteiger partial charge in [-0.25, -0.2) is 0 Å². The Hall–Kier alpha value is -0.900. The van der Waals surface area contributed by atoms with Gasteiger partial charge >= 0.3 is 0 Å². The SMILES string of the molecule is CNC(=S)N/N=C1\C=C(C)CC(C)(C)C1. The van der Waals surface area contributed by atoms with Crippen molar-refractivity contribution in [2.75, 3.05) is 7.05 Å². The number of hydrogen-bond donors (Lipinski definition) is 2. The van der Waals surface area contributed by atoms with E-state index >= 15 is 0 Å². The third-order valence-electron chi connectivity index (χ3n) is 2.36. The first kappa shape index (κ1) is 12.2. The average molecular weight is 225 g/mol. The van der Waals surface area contributed by atoms with Gasteiger partial charge in [-0.3, -0.25) is 5.43 Å². The molecule has 1 aliphatic carbocycles. The van der Waals surface area contributed by atoms with Crippen LogP contribution in [-0.2, 0) is 0 Å². The minimum Gasteiger partial charge on any atom is -0.364 e. The molecule has 0 aromatic heterocycles. The molecule has 1 rings (SSSR count). The lowest BCUT2D eigenvalue weighted by molar-refractivity contribution is 0.373. The van der Waals surface area contributed by atoms with E-state index in [2.05, 4.69) is 42.7 Å². The summed E-state index contributed by atoms with van der Waals surface area (Å²) in [6.07, 6.45) is 4.27. The number of hydrogen-bond acceptors (Lipinski definition) is 2. The first-order valence-corrected chi connectivity index (χ1v) is 5.55. The van der Waals surface area contributed by atoms with E-state index in [1.54, 1.807) is 7.05 Å². The van der Waals surface area contributed by atoms with E-state index in [0.717, 1.165) is 18.6 Å². The minimum atomic E-state index is 0.306. The standard InChI is InChI=1S/C11H19N3S/c1-8-5-9(7-11(2,3)6-8)13-14-10(15)12-4/h5H,6-7H2,1-4H3,(H2,12,14,15)/b13-9+. The van der Waals surface area contributed by atoms with E-state index in [4.69, 9.17) is 12.2 Å². The van der Waals surface area contributed by atoms with Crippen molar-refractivity contribution in [3.63, 3.8) is 0 Å². The van der Waals surface area contributed by atoms with Crippen LogP contribution >= 0.6 is 12.2 Å². The highest BCUT2D eigenvalue weighted by Crippen LogP contribution is 2.33. The van der Waals surface area contributed by atoms with Gasteiger partial charge in [-0.05, 0) is 43.5 Å². The zero-order valence-corrected chi connectivity index (χ0v) is 10.7. The monoisotopic (exact) mass is 225 g/mol. The smallest absolute Gasteiger partial charge is 0.186 e. The van der Waals surface area contributed by atoms with Crippen LogP contribution in [0.5, 0.6) is 0 Å². The van der Waals surface area contributed by atoms with Crippen molar-refractivity contribution in [3.05, 3.63) is 11.6 Å². The van der Waals surface area contributed by atoms with Crippen molar-refractivity contribution < 1.29 is 0 Å². The maximum absolute atomic E-state index is 4.96. The van der Waals surface area contributed by atoms with Crippen LogP contribution in [0.2, 0.25) is 0 Å². The van der Waals surface area contributed by atoms with Crippen LogP contribution in [0.3, 0.4) is 0 Å². The van der Waals surface area contributed by atoms with Crippen LogP contribution in [0.4, 0.5) is 0 Å². The molecule has 0 unspecified atom stereocenters. The third-order valence-corrected chi connectivity index (χ3v) is 2.65. The van der Waals surface area contributed by atoms with Crippen molar-refractivity contribution in [2.45, 2.75) is 33.6 Å². The van der Waals surface area contributed by atoms with Gasteiger partial charge < -0.3 is 5.32 Å². The maximum Gasteiger partial charge on any atom is 0.186 e. The number of thiocarbonyl (C=S) groups is 1. The summed E-state index contributed by atoms with van der Waals surface area (Å²) in [5.41, 5.74) is 5.58. The fraction of sp³-hybridized carbons (Fsp3) is 0.636. The van der Waals surface area contributed by atoms with Gasteiger partial charge in [-0.15, -0.1) is 0 Å². The Bertz CT molecular complexity index is 316. The quantitative estimate of drug-likeness (QED) is 0.530. The van der Waals surface area contributed by atoms with Gasteiger partial charge in [0.25, 0.3) is 0 Å². The van der Waals surface area contributed by atoms with Crippen LogP contribution in [0.1, 0.15) is 33.6 Å². The van der Waals surface area contributed by atoms with Crippen molar-refractivity contribution in [2.24, 2.45) is 10.5 Å². The highest BCUT2D eigenvalue weighted by molar-refractivity contribution is 7.80. The molecule has 3 nitrogen and oxygen atoms in total. The molecular weight excluding hydrogens is 206 g/mol. The van der Waals surface area contributed by atoms with Gasteiger partial charge in [-0.1, -0.05) is 19.4 Å². The summed E-state index contributed by atoms with van der Waals surface area (Å²) in [5, 5.41) is 7.67. The van der Waals surface area contributed by atoms with Crippen LogP contribution in [-0.4, -0.2) is 17.9 Å². The molecule has 15 heavy (non-hydrogen) atoms. The molecule has 0 spiro atoms. The number of rotatable bonds is 1. The molecule has 0 aromatic carbocycles. The van der Waals surface area contributed by atoms with Gasteiger partial charge in [0, 0.05) is 7.05 Å². The first-order chi connectivity index (χ1) is 6.93. The minimum absolute atomic E-state index is 0.306. The van der Waals surface area contributed by atoms with E-state index in [-0.39, 0.29) is 0 Å². The summed E-state index contributed by atoms with van der Waals surface area (Å²) >= 11 is 4.96. The second kappa shape index (κ2) is 4.75. The zero-order valence-electron chi connectivity index (χ0n) is 9.85. The lowest BCUT2D eigenvalue weighted by Gasteiger charge is -2.29. The molecular formula is C11H19N3S. The normalized spacial score (nSPS) is 22.1. The van der Waals surface area contributed by atoms with E-state index < -0.39 is 0 Å². The predicted octanol–water partition coefficient (Wildman–Crippen LogP) is 2.20. The third kappa shape index (κ3) is 4.00. The Labute approximate surface area is 97.0 Å². The van der Waals surface area contributed by atoms with Crippen molar-refractivity contribution >= 4 is 23.0 Å². The van der Waals surface area contributed by atoms with Gasteiger partial charge in [0.2, 0.25) is 0 Å². The molecule has 0 heterocycles. The Morgan fingerprint density at radius 1 is 1.47 bits per heavy atom. The van der Waals surface area contributed by atoms with Gasteiger partial charge in [0.1, 0.15) is 0 Å². The molecule has 0 saturated heterocycles. The van der Waals surface area contributed by atoms with Crippen molar-refractivity contribution in [1.82, 2.24) is 10.7 Å². The molecule has 0 fully saturated rings. The molecule has 0 aliphatic heterocycles. The Morgan fingerprint density at radius 2 is 2.13 bits per heavy atom. The summed E-state index contributed by atoms with van der Waals surface area (Å²) in [5.74, 6) is 0. The Morgan fingerprint density at radius 3 is 2.67 bits per heavy atom. The Balaban J connectivity index is 2.70. The lowest BCUT2D eigenvalue weighted by atomic mass is 9.77. The summed E-state index contributed by atoms with van der Waals surface area (Å²) in [4.78, 5) is 0. The summed E-state index contributed by atoms with van der Waals surface area (Å²) in [7, 11) is 1.78. The van der Waals surface area contributed by atoms with E-state index in [0.29, 0.717) is 10.5 Å².